The first kappa shape index (κ1) is 23.8. The highest BCUT2D eigenvalue weighted by Gasteiger charge is 2.38. The number of likely N-dealkylation sites (tertiary alicyclic amines) is 2. The molecule has 1 N–H and O–H groups in total. The van der Waals surface area contributed by atoms with Crippen LogP contribution in [-0.4, -0.2) is 76.0 Å². The lowest BCUT2D eigenvalue weighted by molar-refractivity contribution is -0.0183. The Labute approximate surface area is 196 Å². The summed E-state index contributed by atoms with van der Waals surface area (Å²) in [7, 11) is 1.45. The number of hydrogen-bond donors (Lipinski definition) is 1. The summed E-state index contributed by atoms with van der Waals surface area (Å²) in [6.45, 7) is 9.03. The van der Waals surface area contributed by atoms with Crippen LogP contribution in [0.15, 0.2) is 16.9 Å². The third-order valence-corrected chi connectivity index (χ3v) is 7.36. The van der Waals surface area contributed by atoms with E-state index in [1.54, 1.807) is 22.7 Å². The second-order valence-corrected chi connectivity index (χ2v) is 10.9. The van der Waals surface area contributed by atoms with Crippen LogP contribution in [0.1, 0.15) is 39.4 Å². The Morgan fingerprint density at radius 2 is 1.97 bits per heavy atom. The zero-order valence-corrected chi connectivity index (χ0v) is 20.3. The number of aromatic amines is 1. The number of rotatable bonds is 5. The summed E-state index contributed by atoms with van der Waals surface area (Å²) in [5.41, 5.74) is -0.632. The Morgan fingerprint density at radius 1 is 1.27 bits per heavy atom. The molecule has 0 spiro atoms. The van der Waals surface area contributed by atoms with Crippen LogP contribution in [0.5, 0.6) is 5.75 Å². The van der Waals surface area contributed by atoms with Crippen LogP contribution >= 0.6 is 11.8 Å². The number of aromatic nitrogens is 2. The van der Waals surface area contributed by atoms with E-state index in [4.69, 9.17) is 9.47 Å². The number of ether oxygens (including phenoxy) is 2. The van der Waals surface area contributed by atoms with Crippen molar-refractivity contribution < 1.29 is 18.7 Å². The molecular weight excluding hydrogens is 447 g/mol. The van der Waals surface area contributed by atoms with Crippen LogP contribution in [0.4, 0.5) is 9.18 Å². The van der Waals surface area contributed by atoms with Gasteiger partial charge < -0.3 is 19.4 Å². The second kappa shape index (κ2) is 9.50. The normalized spacial score (nSPS) is 18.4. The molecule has 3 heterocycles. The molecule has 1 amide bonds. The number of nitrogens with zero attached hydrogens (tertiary/aromatic N) is 3. The smallest absolute Gasteiger partial charge is 0.410 e. The summed E-state index contributed by atoms with van der Waals surface area (Å²) in [4.78, 5) is 35.8. The molecule has 33 heavy (non-hydrogen) atoms. The van der Waals surface area contributed by atoms with Gasteiger partial charge in [-0.3, -0.25) is 9.69 Å². The van der Waals surface area contributed by atoms with Crippen LogP contribution < -0.4 is 10.3 Å². The summed E-state index contributed by atoms with van der Waals surface area (Å²) in [6, 6.07) is 3.17. The molecule has 1 aromatic carbocycles. The number of nitrogens with one attached hydrogen (secondary N) is 1. The summed E-state index contributed by atoms with van der Waals surface area (Å²) in [5, 5.41) is 0.421. The van der Waals surface area contributed by atoms with Gasteiger partial charge in [-0.25, -0.2) is 14.2 Å². The van der Waals surface area contributed by atoms with Gasteiger partial charge in [0.05, 0.1) is 18.4 Å². The van der Waals surface area contributed by atoms with Gasteiger partial charge in [-0.05, 0) is 46.7 Å². The molecule has 10 heteroatoms. The third kappa shape index (κ3) is 5.60. The highest BCUT2D eigenvalue weighted by atomic mass is 32.2. The number of fused-ring (bicyclic) bond motifs is 1. The van der Waals surface area contributed by atoms with Gasteiger partial charge in [0, 0.05) is 36.5 Å². The topological polar surface area (TPSA) is 87.8 Å². The molecular formula is C23H31FN4O4S. The fourth-order valence-electron chi connectivity index (χ4n) is 4.20. The molecule has 2 saturated heterocycles. The Hall–Kier alpha value is -2.33. The van der Waals surface area contributed by atoms with Crippen LogP contribution in [0.3, 0.4) is 0 Å². The Morgan fingerprint density at radius 3 is 2.61 bits per heavy atom. The van der Waals surface area contributed by atoms with Crippen molar-refractivity contribution in [2.24, 2.45) is 0 Å². The summed E-state index contributed by atoms with van der Waals surface area (Å²) in [6.07, 6.45) is 1.83. The second-order valence-electron chi connectivity index (χ2n) is 9.60. The molecule has 0 bridgehead atoms. The first-order valence-corrected chi connectivity index (χ1v) is 12.3. The number of halogens is 1. The van der Waals surface area contributed by atoms with Gasteiger partial charge in [0.25, 0.3) is 5.56 Å². The van der Waals surface area contributed by atoms with Gasteiger partial charge in [0.15, 0.2) is 0 Å². The van der Waals surface area contributed by atoms with Gasteiger partial charge in [-0.1, -0.05) is 0 Å². The van der Waals surface area contributed by atoms with E-state index in [9.17, 15) is 14.0 Å². The lowest BCUT2D eigenvalue weighted by Gasteiger charge is -2.47. The number of methoxy groups -OCH3 is 1. The van der Waals surface area contributed by atoms with Crippen molar-refractivity contribution in [2.45, 2.75) is 56.3 Å². The summed E-state index contributed by atoms with van der Waals surface area (Å²) < 4.78 is 24.7. The monoisotopic (exact) mass is 478 g/mol. The van der Waals surface area contributed by atoms with Crippen LogP contribution in [0.2, 0.25) is 0 Å². The van der Waals surface area contributed by atoms with Gasteiger partial charge in [0.1, 0.15) is 28.4 Å². The molecule has 0 saturated carbocycles. The molecule has 2 aliphatic heterocycles. The largest absolute Gasteiger partial charge is 0.497 e. The number of hydrogen-bond acceptors (Lipinski definition) is 7. The van der Waals surface area contributed by atoms with Crippen molar-refractivity contribution in [1.29, 1.82) is 0 Å². The van der Waals surface area contributed by atoms with E-state index in [1.807, 2.05) is 20.8 Å². The number of thioether (sulfide) groups is 1. The summed E-state index contributed by atoms with van der Waals surface area (Å²) in [5.74, 6) is 0.806. The van der Waals surface area contributed by atoms with E-state index in [0.717, 1.165) is 39.0 Å². The molecule has 1 aromatic heterocycles. The van der Waals surface area contributed by atoms with Gasteiger partial charge in [-0.2, -0.15) is 11.8 Å². The van der Waals surface area contributed by atoms with Gasteiger partial charge >= 0.3 is 6.09 Å². The zero-order chi connectivity index (χ0) is 23.8. The van der Waals surface area contributed by atoms with E-state index >= 15 is 0 Å². The van der Waals surface area contributed by atoms with Crippen molar-refractivity contribution in [3.05, 3.63) is 34.1 Å². The predicted octanol–water partition coefficient (Wildman–Crippen LogP) is 3.39. The predicted molar refractivity (Wildman–Crippen MR) is 126 cm³/mol. The van der Waals surface area contributed by atoms with E-state index in [-0.39, 0.29) is 11.5 Å². The molecule has 0 atom stereocenters. The van der Waals surface area contributed by atoms with Crippen molar-refractivity contribution in [3.63, 3.8) is 0 Å². The number of piperidine rings is 1. The molecule has 0 unspecified atom stereocenters. The SMILES string of the molecule is COc1cc(F)c2c(=O)[nH]c(CSC3CCN(C4CN(C(=O)OC(C)(C)C)C4)CC3)nc2c1. The van der Waals surface area contributed by atoms with E-state index < -0.39 is 17.0 Å². The van der Waals surface area contributed by atoms with Crippen LogP contribution in [-0.2, 0) is 10.5 Å². The number of carbonyl (C=O) groups excluding carboxylic acids is 1. The number of H-pyrrole nitrogens is 1. The molecule has 2 aromatic rings. The molecule has 4 rings (SSSR count). The average Bonchev–Trinajstić information content (AvgIpc) is 2.70. The van der Waals surface area contributed by atoms with Crippen molar-refractivity contribution in [2.75, 3.05) is 33.3 Å². The lowest BCUT2D eigenvalue weighted by Crippen LogP contribution is -2.62. The zero-order valence-electron chi connectivity index (χ0n) is 19.5. The van der Waals surface area contributed by atoms with E-state index in [2.05, 4.69) is 14.9 Å². The molecule has 0 aliphatic carbocycles. The van der Waals surface area contributed by atoms with Gasteiger partial charge in [-0.15, -0.1) is 0 Å². The fourth-order valence-corrected chi connectivity index (χ4v) is 5.27. The summed E-state index contributed by atoms with van der Waals surface area (Å²) >= 11 is 1.76. The van der Waals surface area contributed by atoms with Gasteiger partial charge in [0.2, 0.25) is 0 Å². The van der Waals surface area contributed by atoms with Crippen LogP contribution in [0.25, 0.3) is 10.9 Å². The molecule has 2 aliphatic rings. The fraction of sp³-hybridized carbons (Fsp3) is 0.609. The third-order valence-electron chi connectivity index (χ3n) is 5.98. The first-order valence-electron chi connectivity index (χ1n) is 11.2. The Bertz CT molecular complexity index is 1070. The van der Waals surface area contributed by atoms with E-state index in [1.165, 1.54) is 13.2 Å². The number of benzene rings is 1. The lowest BCUT2D eigenvalue weighted by atomic mass is 10.0. The van der Waals surface area contributed by atoms with Crippen molar-refractivity contribution >= 4 is 28.8 Å². The minimum atomic E-state index is -0.633. The number of carbonyl (C=O) groups is 1. The average molecular weight is 479 g/mol. The van der Waals surface area contributed by atoms with Crippen molar-refractivity contribution in [3.8, 4) is 5.75 Å². The maximum atomic E-state index is 14.2. The maximum absolute atomic E-state index is 14.2. The first-order chi connectivity index (χ1) is 15.6. The molecule has 0 radical (unpaired) electrons. The molecule has 180 valence electrons. The maximum Gasteiger partial charge on any atom is 0.410 e. The van der Waals surface area contributed by atoms with Crippen LogP contribution in [0, 0.1) is 5.82 Å². The Kier molecular flexibility index (Phi) is 6.86. The molecule has 8 nitrogen and oxygen atoms in total. The minimum absolute atomic E-state index is 0.0428. The minimum Gasteiger partial charge on any atom is -0.497 e. The number of amides is 1. The van der Waals surface area contributed by atoms with Crippen molar-refractivity contribution in [1.82, 2.24) is 19.8 Å². The Balaban J connectivity index is 1.26. The molecule has 2 fully saturated rings. The highest BCUT2D eigenvalue weighted by Crippen LogP contribution is 2.29. The standard InChI is InChI=1S/C23H31FN4O4S/c1-23(2,3)32-22(30)28-11-14(12-28)27-7-5-16(6-8-27)33-13-19-25-18-10-15(31-4)9-17(24)20(18)21(29)26-19/h9-10,14,16H,5-8,11-13H2,1-4H3,(H,25,26,29). The van der Waals surface area contributed by atoms with E-state index in [0.29, 0.717) is 34.1 Å². The highest BCUT2D eigenvalue weighted by molar-refractivity contribution is 7.99. The quantitative estimate of drug-likeness (QED) is 0.705.